The van der Waals surface area contributed by atoms with Gasteiger partial charge < -0.3 is 28.7 Å². The molecule has 0 radical (unpaired) electrons. The Hall–Kier alpha value is -3.75. The van der Waals surface area contributed by atoms with Crippen LogP contribution < -0.4 is 9.47 Å². The van der Waals surface area contributed by atoms with Gasteiger partial charge in [0.25, 0.3) is 11.8 Å². The molecule has 2 aliphatic rings. The Morgan fingerprint density at radius 3 is 2.34 bits per heavy atom. The van der Waals surface area contributed by atoms with E-state index in [1.165, 1.54) is 6.26 Å². The van der Waals surface area contributed by atoms with E-state index in [9.17, 15) is 14.4 Å². The van der Waals surface area contributed by atoms with Gasteiger partial charge in [0.15, 0.2) is 23.5 Å². The average Bonchev–Trinajstić information content (AvgIpc) is 3.50. The number of amides is 2. The Morgan fingerprint density at radius 1 is 1.00 bits per heavy atom. The Balaban J connectivity index is 1.37. The molecule has 2 amide bonds. The third-order valence-electron chi connectivity index (χ3n) is 5.25. The van der Waals surface area contributed by atoms with Crippen LogP contribution in [-0.2, 0) is 0 Å². The van der Waals surface area contributed by atoms with Crippen LogP contribution in [0.1, 0.15) is 31.4 Å². The first-order valence-electron chi connectivity index (χ1n) is 9.18. The highest BCUT2D eigenvalue weighted by Gasteiger charge is 2.29. The summed E-state index contributed by atoms with van der Waals surface area (Å²) in [6.45, 7) is 1.63. The third kappa shape index (κ3) is 2.82. The van der Waals surface area contributed by atoms with Crippen LogP contribution in [0.25, 0.3) is 10.9 Å². The quantitative estimate of drug-likeness (QED) is 0.679. The Labute approximate surface area is 164 Å². The maximum Gasteiger partial charge on any atom is 0.289 e. The number of fused-ring (bicyclic) bond motifs is 2. The number of nitrogens with zero attached hydrogens (tertiary/aromatic N) is 2. The standard InChI is InChI=1S/C20H17N3O6/c24-10-13-12-8-16-17(29-11-28-16)9-14(12)21-18(13)20(26)23-5-3-22(4-6-23)19(25)15-2-1-7-27-15/h1-2,7-10,21H,3-6,11H2. The van der Waals surface area contributed by atoms with Crippen molar-refractivity contribution in [3.05, 3.63) is 47.5 Å². The lowest BCUT2D eigenvalue weighted by Crippen LogP contribution is -2.50. The molecular formula is C20H17N3O6. The summed E-state index contributed by atoms with van der Waals surface area (Å²) in [5, 5.41) is 0.610. The zero-order chi connectivity index (χ0) is 20.0. The number of aromatic amines is 1. The molecule has 9 nitrogen and oxygen atoms in total. The van der Waals surface area contributed by atoms with Gasteiger partial charge in [-0.05, 0) is 18.2 Å². The Kier molecular flexibility index (Phi) is 4.01. The second-order valence-electron chi connectivity index (χ2n) is 6.84. The van der Waals surface area contributed by atoms with Crippen molar-refractivity contribution in [2.24, 2.45) is 0 Å². The first kappa shape index (κ1) is 17.4. The van der Waals surface area contributed by atoms with E-state index in [2.05, 4.69) is 4.98 Å². The number of ether oxygens (including phenoxy) is 2. The number of carbonyl (C=O) groups is 3. The van der Waals surface area contributed by atoms with Gasteiger partial charge in [-0.2, -0.15) is 0 Å². The van der Waals surface area contributed by atoms with Crippen molar-refractivity contribution < 1.29 is 28.3 Å². The maximum absolute atomic E-state index is 13.1. The van der Waals surface area contributed by atoms with Crippen LogP contribution in [0.3, 0.4) is 0 Å². The number of piperazine rings is 1. The highest BCUT2D eigenvalue weighted by molar-refractivity contribution is 6.10. The molecule has 1 aromatic carbocycles. The van der Waals surface area contributed by atoms with E-state index in [0.717, 1.165) is 0 Å². The van der Waals surface area contributed by atoms with Crippen LogP contribution in [0.15, 0.2) is 34.9 Å². The van der Waals surface area contributed by atoms with Gasteiger partial charge in [-0.1, -0.05) is 0 Å². The summed E-state index contributed by atoms with van der Waals surface area (Å²) in [5.74, 6) is 0.913. The second kappa shape index (κ2) is 6.69. The fourth-order valence-corrected chi connectivity index (χ4v) is 3.72. The zero-order valence-electron chi connectivity index (χ0n) is 15.3. The van der Waals surface area contributed by atoms with E-state index in [1.807, 2.05) is 0 Å². The van der Waals surface area contributed by atoms with E-state index in [0.29, 0.717) is 54.9 Å². The molecule has 1 saturated heterocycles. The number of aromatic nitrogens is 1. The Bertz CT molecular complexity index is 1110. The van der Waals surface area contributed by atoms with Crippen LogP contribution in [0.4, 0.5) is 0 Å². The van der Waals surface area contributed by atoms with Gasteiger partial charge in [0.1, 0.15) is 5.69 Å². The molecule has 2 aromatic heterocycles. The Morgan fingerprint density at radius 2 is 1.69 bits per heavy atom. The molecule has 0 aliphatic carbocycles. The molecular weight excluding hydrogens is 378 g/mol. The first-order chi connectivity index (χ1) is 14.2. The largest absolute Gasteiger partial charge is 0.459 e. The predicted molar refractivity (Wildman–Crippen MR) is 100 cm³/mol. The number of furan rings is 1. The van der Waals surface area contributed by atoms with Crippen molar-refractivity contribution in [3.63, 3.8) is 0 Å². The minimum Gasteiger partial charge on any atom is -0.459 e. The summed E-state index contributed by atoms with van der Waals surface area (Å²) in [6, 6.07) is 6.71. The first-order valence-corrected chi connectivity index (χ1v) is 9.18. The number of hydrogen-bond donors (Lipinski definition) is 1. The molecule has 5 rings (SSSR count). The second-order valence-corrected chi connectivity index (χ2v) is 6.84. The minimum absolute atomic E-state index is 0.130. The molecule has 2 aliphatic heterocycles. The fourth-order valence-electron chi connectivity index (χ4n) is 3.72. The number of benzene rings is 1. The lowest BCUT2D eigenvalue weighted by molar-refractivity contribution is 0.0515. The molecule has 3 aromatic rings. The average molecular weight is 395 g/mol. The number of rotatable bonds is 3. The van der Waals surface area contributed by atoms with E-state index in [1.54, 1.807) is 34.1 Å². The van der Waals surface area contributed by atoms with Crippen LogP contribution in [0.2, 0.25) is 0 Å². The lowest BCUT2D eigenvalue weighted by atomic mass is 10.1. The molecule has 148 valence electrons. The summed E-state index contributed by atoms with van der Waals surface area (Å²) in [4.78, 5) is 43.5. The van der Waals surface area contributed by atoms with Gasteiger partial charge in [0.05, 0.1) is 17.3 Å². The smallest absolute Gasteiger partial charge is 0.289 e. The van der Waals surface area contributed by atoms with E-state index in [-0.39, 0.29) is 35.6 Å². The highest BCUT2D eigenvalue weighted by atomic mass is 16.7. The van der Waals surface area contributed by atoms with Crippen molar-refractivity contribution >= 4 is 29.0 Å². The van der Waals surface area contributed by atoms with Gasteiger partial charge in [-0.15, -0.1) is 0 Å². The number of H-pyrrole nitrogens is 1. The molecule has 4 heterocycles. The summed E-state index contributed by atoms with van der Waals surface area (Å²) in [6.07, 6.45) is 2.13. The number of carbonyl (C=O) groups excluding carboxylic acids is 3. The molecule has 29 heavy (non-hydrogen) atoms. The fraction of sp³-hybridized carbons (Fsp3) is 0.250. The SMILES string of the molecule is O=Cc1c(C(=O)N2CCN(C(=O)c3ccco3)CC2)[nH]c2cc3c(cc12)OCO3. The topological polar surface area (TPSA) is 105 Å². The van der Waals surface area contributed by atoms with Gasteiger partial charge in [0.2, 0.25) is 6.79 Å². The van der Waals surface area contributed by atoms with E-state index >= 15 is 0 Å². The van der Waals surface area contributed by atoms with Crippen molar-refractivity contribution in [2.75, 3.05) is 33.0 Å². The van der Waals surface area contributed by atoms with Gasteiger partial charge in [-0.25, -0.2) is 0 Å². The van der Waals surface area contributed by atoms with Crippen LogP contribution in [0.5, 0.6) is 11.5 Å². The summed E-state index contributed by atoms with van der Waals surface area (Å²) >= 11 is 0. The monoisotopic (exact) mass is 395 g/mol. The van der Waals surface area contributed by atoms with E-state index < -0.39 is 0 Å². The zero-order valence-corrected chi connectivity index (χ0v) is 15.3. The highest BCUT2D eigenvalue weighted by Crippen LogP contribution is 2.37. The molecule has 0 unspecified atom stereocenters. The molecule has 0 saturated carbocycles. The molecule has 9 heteroatoms. The van der Waals surface area contributed by atoms with Crippen molar-refractivity contribution in [3.8, 4) is 11.5 Å². The van der Waals surface area contributed by atoms with Gasteiger partial charge in [0, 0.05) is 37.6 Å². The summed E-state index contributed by atoms with van der Waals surface area (Å²) in [5.41, 5.74) is 1.15. The number of nitrogens with one attached hydrogen (secondary N) is 1. The van der Waals surface area contributed by atoms with Gasteiger partial charge in [-0.3, -0.25) is 14.4 Å². The molecule has 0 spiro atoms. The predicted octanol–water partition coefficient (Wildman–Crippen LogP) is 1.90. The molecule has 1 N–H and O–H groups in total. The van der Waals surface area contributed by atoms with Crippen molar-refractivity contribution in [2.45, 2.75) is 0 Å². The van der Waals surface area contributed by atoms with Crippen LogP contribution in [-0.4, -0.2) is 65.9 Å². The van der Waals surface area contributed by atoms with Crippen molar-refractivity contribution in [1.82, 2.24) is 14.8 Å². The third-order valence-corrected chi connectivity index (χ3v) is 5.25. The lowest BCUT2D eigenvalue weighted by Gasteiger charge is -2.34. The number of hydrogen-bond acceptors (Lipinski definition) is 6. The number of aldehydes is 1. The maximum atomic E-state index is 13.1. The summed E-state index contributed by atoms with van der Waals surface area (Å²) in [7, 11) is 0. The molecule has 0 atom stereocenters. The van der Waals surface area contributed by atoms with Crippen LogP contribution >= 0.6 is 0 Å². The van der Waals surface area contributed by atoms with Crippen LogP contribution in [0, 0.1) is 0 Å². The molecule has 0 bridgehead atoms. The van der Waals surface area contributed by atoms with E-state index in [4.69, 9.17) is 13.9 Å². The normalized spacial score (nSPS) is 15.7. The van der Waals surface area contributed by atoms with Crippen molar-refractivity contribution in [1.29, 1.82) is 0 Å². The minimum atomic E-state index is -0.282. The summed E-state index contributed by atoms with van der Waals surface area (Å²) < 4.78 is 15.9. The molecule has 1 fully saturated rings. The van der Waals surface area contributed by atoms with Gasteiger partial charge >= 0.3 is 0 Å².